The van der Waals surface area contributed by atoms with E-state index >= 15 is 0 Å². The number of hydrogen-bond donors (Lipinski definition) is 1. The lowest BCUT2D eigenvalue weighted by atomic mass is 10.1. The number of rotatable bonds is 1. The van der Waals surface area contributed by atoms with Crippen LogP contribution in [0.1, 0.15) is 13.8 Å². The maximum atomic E-state index is 9.64. The first kappa shape index (κ1) is 10.3. The van der Waals surface area contributed by atoms with Gasteiger partial charge in [-0.2, -0.15) is 0 Å². The molecule has 0 amide bonds. The molecule has 0 aromatic rings. The number of methoxy groups -OCH3 is 1. The van der Waals surface area contributed by atoms with Gasteiger partial charge >= 0.3 is 0 Å². The Hall–Kier alpha value is -0.200. The molecule has 0 unspecified atom stereocenters. The second kappa shape index (κ2) is 3.43. The molecule has 2 aliphatic rings. The third-order valence-corrected chi connectivity index (χ3v) is 2.47. The number of aliphatic hydroxyl groups excluding tert-OH is 1. The maximum Gasteiger partial charge on any atom is 0.186 e. The Morgan fingerprint density at radius 2 is 1.93 bits per heavy atom. The van der Waals surface area contributed by atoms with E-state index in [1.165, 1.54) is 0 Å². The number of ether oxygens (including phenoxy) is 4. The monoisotopic (exact) mass is 204 g/mol. The number of hydrogen-bond acceptors (Lipinski definition) is 5. The van der Waals surface area contributed by atoms with Crippen LogP contribution in [0.25, 0.3) is 0 Å². The molecule has 0 aliphatic carbocycles. The topological polar surface area (TPSA) is 57.2 Å². The van der Waals surface area contributed by atoms with E-state index in [0.29, 0.717) is 0 Å². The van der Waals surface area contributed by atoms with E-state index in [1.54, 1.807) is 7.11 Å². The molecule has 0 aromatic carbocycles. The van der Waals surface area contributed by atoms with Crippen LogP contribution in [0.15, 0.2) is 0 Å². The van der Waals surface area contributed by atoms with Crippen molar-refractivity contribution in [2.45, 2.75) is 44.2 Å². The van der Waals surface area contributed by atoms with Crippen LogP contribution >= 0.6 is 0 Å². The fourth-order valence-electron chi connectivity index (χ4n) is 1.91. The summed E-state index contributed by atoms with van der Waals surface area (Å²) in [5, 5.41) is 9.64. The summed E-state index contributed by atoms with van der Waals surface area (Å²) in [6, 6.07) is 0. The molecule has 2 rings (SSSR count). The zero-order chi connectivity index (χ0) is 10.3. The van der Waals surface area contributed by atoms with Crippen LogP contribution in [0.4, 0.5) is 0 Å². The summed E-state index contributed by atoms with van der Waals surface area (Å²) in [5.74, 6) is -0.680. The minimum Gasteiger partial charge on any atom is -0.388 e. The number of fused-ring (bicyclic) bond motifs is 1. The third-order valence-electron chi connectivity index (χ3n) is 2.47. The van der Waals surface area contributed by atoms with E-state index < -0.39 is 18.2 Å². The molecule has 5 heteroatoms. The average molecular weight is 204 g/mol. The minimum absolute atomic E-state index is 0.221. The second-order valence-electron chi connectivity index (χ2n) is 4.07. The standard InChI is InChI=1S/C9H16O5/c1-9(2)13-6-5(10)4-12-8(11-3)7(6)14-9/h5-8,10H,4H2,1-3H3/t5-,6+,7+,8-/m0/s1. The van der Waals surface area contributed by atoms with Gasteiger partial charge in [0, 0.05) is 7.11 Å². The van der Waals surface area contributed by atoms with Gasteiger partial charge in [-0.05, 0) is 13.8 Å². The van der Waals surface area contributed by atoms with Gasteiger partial charge in [-0.15, -0.1) is 0 Å². The SMILES string of the molecule is CO[C@H]1OC[C@H](O)[C@H]2OC(C)(C)O[C@@H]12. The highest BCUT2D eigenvalue weighted by atomic mass is 16.8. The molecule has 2 heterocycles. The van der Waals surface area contributed by atoms with E-state index in [-0.39, 0.29) is 18.8 Å². The Bertz CT molecular complexity index is 217. The van der Waals surface area contributed by atoms with Crippen LogP contribution in [-0.2, 0) is 18.9 Å². The summed E-state index contributed by atoms with van der Waals surface area (Å²) < 4.78 is 21.5. The molecular weight excluding hydrogens is 188 g/mol. The van der Waals surface area contributed by atoms with Crippen molar-refractivity contribution in [3.05, 3.63) is 0 Å². The molecule has 0 radical (unpaired) electrons. The molecule has 0 spiro atoms. The summed E-state index contributed by atoms with van der Waals surface area (Å²) in [4.78, 5) is 0. The Labute approximate surface area is 82.9 Å². The molecule has 1 N–H and O–H groups in total. The molecule has 2 aliphatic heterocycles. The Kier molecular flexibility index (Phi) is 2.53. The minimum atomic E-state index is -0.680. The normalized spacial score (nSPS) is 46.3. The van der Waals surface area contributed by atoms with Gasteiger partial charge in [0.15, 0.2) is 12.1 Å². The zero-order valence-corrected chi connectivity index (χ0v) is 8.60. The molecule has 2 saturated heterocycles. The largest absolute Gasteiger partial charge is 0.388 e. The fraction of sp³-hybridized carbons (Fsp3) is 1.00. The lowest BCUT2D eigenvalue weighted by Crippen LogP contribution is -2.51. The molecule has 5 nitrogen and oxygen atoms in total. The predicted molar refractivity (Wildman–Crippen MR) is 46.6 cm³/mol. The smallest absolute Gasteiger partial charge is 0.186 e. The van der Waals surface area contributed by atoms with Gasteiger partial charge in [0.25, 0.3) is 0 Å². The van der Waals surface area contributed by atoms with Gasteiger partial charge in [-0.3, -0.25) is 0 Å². The molecule has 0 aromatic heterocycles. The van der Waals surface area contributed by atoms with Gasteiger partial charge in [-0.1, -0.05) is 0 Å². The average Bonchev–Trinajstić information content (AvgIpc) is 2.42. The Balaban J connectivity index is 2.14. The molecule has 2 fully saturated rings. The predicted octanol–water partition coefficient (Wildman–Crippen LogP) is -0.130. The van der Waals surface area contributed by atoms with Gasteiger partial charge in [0.1, 0.15) is 18.3 Å². The lowest BCUT2D eigenvalue weighted by molar-refractivity contribution is -0.237. The van der Waals surface area contributed by atoms with Gasteiger partial charge in [0.2, 0.25) is 0 Å². The van der Waals surface area contributed by atoms with Crippen LogP contribution in [0.3, 0.4) is 0 Å². The van der Waals surface area contributed by atoms with E-state index in [2.05, 4.69) is 0 Å². The van der Waals surface area contributed by atoms with Crippen molar-refractivity contribution in [2.24, 2.45) is 0 Å². The fourth-order valence-corrected chi connectivity index (χ4v) is 1.91. The molecule has 0 saturated carbocycles. The van der Waals surface area contributed by atoms with Crippen molar-refractivity contribution in [2.75, 3.05) is 13.7 Å². The van der Waals surface area contributed by atoms with Crippen LogP contribution in [-0.4, -0.2) is 49.2 Å². The second-order valence-corrected chi connectivity index (χ2v) is 4.07. The van der Waals surface area contributed by atoms with E-state index in [4.69, 9.17) is 18.9 Å². The van der Waals surface area contributed by atoms with Crippen molar-refractivity contribution in [1.82, 2.24) is 0 Å². The molecule has 4 atom stereocenters. The van der Waals surface area contributed by atoms with Crippen LogP contribution in [0.2, 0.25) is 0 Å². The van der Waals surface area contributed by atoms with E-state index in [0.717, 1.165) is 0 Å². The summed E-state index contributed by atoms with van der Waals surface area (Å²) >= 11 is 0. The quantitative estimate of drug-likeness (QED) is 0.644. The molecule has 0 bridgehead atoms. The highest BCUT2D eigenvalue weighted by molar-refractivity contribution is 4.91. The summed E-state index contributed by atoms with van der Waals surface area (Å²) in [7, 11) is 1.55. The lowest BCUT2D eigenvalue weighted by Gasteiger charge is -2.33. The Morgan fingerprint density at radius 1 is 1.29 bits per heavy atom. The molecular formula is C9H16O5. The molecule has 14 heavy (non-hydrogen) atoms. The van der Waals surface area contributed by atoms with Crippen molar-refractivity contribution < 1.29 is 24.1 Å². The van der Waals surface area contributed by atoms with Gasteiger partial charge in [-0.25, -0.2) is 0 Å². The number of aliphatic hydroxyl groups is 1. The third kappa shape index (κ3) is 1.66. The molecule has 82 valence electrons. The summed E-state index contributed by atoms with van der Waals surface area (Å²) in [5.41, 5.74) is 0. The highest BCUT2D eigenvalue weighted by Crippen LogP contribution is 2.35. The first-order valence-electron chi connectivity index (χ1n) is 4.71. The van der Waals surface area contributed by atoms with Crippen LogP contribution < -0.4 is 0 Å². The van der Waals surface area contributed by atoms with Crippen LogP contribution in [0.5, 0.6) is 0 Å². The van der Waals surface area contributed by atoms with Crippen LogP contribution in [0, 0.1) is 0 Å². The summed E-state index contributed by atoms with van der Waals surface area (Å²) in [6.07, 6.45) is -1.80. The maximum absolute atomic E-state index is 9.64. The van der Waals surface area contributed by atoms with Gasteiger partial charge < -0.3 is 24.1 Å². The van der Waals surface area contributed by atoms with Crippen molar-refractivity contribution in [1.29, 1.82) is 0 Å². The van der Waals surface area contributed by atoms with E-state index in [1.807, 2.05) is 13.8 Å². The van der Waals surface area contributed by atoms with Crippen molar-refractivity contribution >= 4 is 0 Å². The first-order chi connectivity index (χ1) is 6.53. The first-order valence-corrected chi connectivity index (χ1v) is 4.71. The zero-order valence-electron chi connectivity index (χ0n) is 8.60. The van der Waals surface area contributed by atoms with Crippen molar-refractivity contribution in [3.63, 3.8) is 0 Å². The van der Waals surface area contributed by atoms with Crippen molar-refractivity contribution in [3.8, 4) is 0 Å². The van der Waals surface area contributed by atoms with Gasteiger partial charge in [0.05, 0.1) is 6.61 Å². The summed E-state index contributed by atoms with van der Waals surface area (Å²) in [6.45, 7) is 3.84. The van der Waals surface area contributed by atoms with E-state index in [9.17, 15) is 5.11 Å². The highest BCUT2D eigenvalue weighted by Gasteiger charge is 2.51. The Morgan fingerprint density at radius 3 is 2.57 bits per heavy atom.